The topological polar surface area (TPSA) is 51.8 Å². The maximum absolute atomic E-state index is 6.06. The summed E-state index contributed by atoms with van der Waals surface area (Å²) in [4.78, 5) is 9.22. The number of thioether (sulfide) groups is 1. The summed E-state index contributed by atoms with van der Waals surface area (Å²) in [5, 5.41) is 0.754. The van der Waals surface area contributed by atoms with Gasteiger partial charge < -0.3 is 5.73 Å². The molecule has 1 aromatic heterocycles. The third kappa shape index (κ3) is 3.43. The first-order valence-electron chi connectivity index (χ1n) is 5.16. The molecule has 0 aliphatic carbocycles. The van der Waals surface area contributed by atoms with Gasteiger partial charge in [0.25, 0.3) is 0 Å². The fourth-order valence-corrected chi connectivity index (χ4v) is 2.54. The van der Waals surface area contributed by atoms with E-state index in [0.29, 0.717) is 0 Å². The molecule has 2 N–H and O–H groups in total. The molecule has 0 saturated carbocycles. The Kier molecular flexibility index (Phi) is 4.36. The highest BCUT2D eigenvalue weighted by atomic mass is 35.5. The summed E-state index contributed by atoms with van der Waals surface area (Å²) >= 11 is 7.69. The Morgan fingerprint density at radius 2 is 2.12 bits per heavy atom. The molecule has 0 radical (unpaired) electrons. The number of aromatic nitrogens is 2. The van der Waals surface area contributed by atoms with Gasteiger partial charge >= 0.3 is 0 Å². The van der Waals surface area contributed by atoms with Gasteiger partial charge in [-0.15, -0.1) is 11.8 Å². The van der Waals surface area contributed by atoms with Crippen LogP contribution in [0.1, 0.15) is 11.7 Å². The fraction of sp³-hybridized carbons (Fsp3) is 0.167. The second-order valence-electron chi connectivity index (χ2n) is 3.48. The van der Waals surface area contributed by atoms with Crippen molar-refractivity contribution in [1.29, 1.82) is 0 Å². The van der Waals surface area contributed by atoms with Crippen molar-refractivity contribution in [1.82, 2.24) is 9.97 Å². The largest absolute Gasteiger partial charge is 0.322 e. The van der Waals surface area contributed by atoms with Gasteiger partial charge in [-0.1, -0.05) is 23.7 Å². The molecular weight excluding hydrogens is 254 g/mol. The lowest BCUT2D eigenvalue weighted by atomic mass is 10.3. The van der Waals surface area contributed by atoms with E-state index in [1.165, 1.54) is 0 Å². The standard InChI is InChI=1S/C12H12ClN3S/c13-9-3-1-2-4-12(9)17-8-10(14)11-7-15-5-6-16-11/h1-7,10H,8,14H2. The van der Waals surface area contributed by atoms with E-state index in [4.69, 9.17) is 17.3 Å². The molecule has 2 aromatic rings. The highest BCUT2D eigenvalue weighted by molar-refractivity contribution is 7.99. The third-order valence-electron chi connectivity index (χ3n) is 2.22. The second kappa shape index (κ2) is 6.00. The van der Waals surface area contributed by atoms with Crippen molar-refractivity contribution in [3.05, 3.63) is 53.6 Å². The Morgan fingerprint density at radius 1 is 1.29 bits per heavy atom. The highest BCUT2D eigenvalue weighted by Crippen LogP contribution is 2.28. The minimum Gasteiger partial charge on any atom is -0.322 e. The van der Waals surface area contributed by atoms with Crippen LogP contribution >= 0.6 is 23.4 Å². The van der Waals surface area contributed by atoms with Crippen LogP contribution in [0.2, 0.25) is 5.02 Å². The number of hydrogen-bond donors (Lipinski definition) is 1. The Labute approximate surface area is 109 Å². The molecule has 0 fully saturated rings. The molecule has 0 aliphatic heterocycles. The molecule has 1 atom stereocenters. The maximum Gasteiger partial charge on any atom is 0.0762 e. The molecule has 1 heterocycles. The average Bonchev–Trinajstić information content (AvgIpc) is 2.38. The Hall–Kier alpha value is -1.10. The van der Waals surface area contributed by atoms with Gasteiger partial charge in [0.2, 0.25) is 0 Å². The molecule has 0 saturated heterocycles. The zero-order valence-corrected chi connectivity index (χ0v) is 10.7. The average molecular weight is 266 g/mol. The van der Waals surface area contributed by atoms with E-state index in [-0.39, 0.29) is 6.04 Å². The predicted octanol–water partition coefficient (Wildman–Crippen LogP) is 2.92. The van der Waals surface area contributed by atoms with Crippen molar-refractivity contribution in [3.8, 4) is 0 Å². The van der Waals surface area contributed by atoms with E-state index < -0.39 is 0 Å². The van der Waals surface area contributed by atoms with Crippen molar-refractivity contribution in [2.75, 3.05) is 5.75 Å². The zero-order chi connectivity index (χ0) is 12.1. The van der Waals surface area contributed by atoms with E-state index in [9.17, 15) is 0 Å². The molecule has 0 aliphatic rings. The van der Waals surface area contributed by atoms with Gasteiger partial charge in [0.15, 0.2) is 0 Å². The van der Waals surface area contributed by atoms with E-state index >= 15 is 0 Å². The monoisotopic (exact) mass is 265 g/mol. The Bertz CT molecular complexity index is 478. The van der Waals surface area contributed by atoms with Crippen LogP contribution in [0.5, 0.6) is 0 Å². The first-order chi connectivity index (χ1) is 8.27. The summed E-state index contributed by atoms with van der Waals surface area (Å²) in [7, 11) is 0. The molecule has 1 aromatic carbocycles. The van der Waals surface area contributed by atoms with Crippen LogP contribution in [0, 0.1) is 0 Å². The summed E-state index contributed by atoms with van der Waals surface area (Å²) in [5.41, 5.74) is 6.82. The maximum atomic E-state index is 6.06. The highest BCUT2D eigenvalue weighted by Gasteiger charge is 2.09. The van der Waals surface area contributed by atoms with Gasteiger partial charge in [0.1, 0.15) is 0 Å². The zero-order valence-electron chi connectivity index (χ0n) is 9.08. The van der Waals surface area contributed by atoms with Crippen LogP contribution in [0.3, 0.4) is 0 Å². The lowest BCUT2D eigenvalue weighted by Gasteiger charge is -2.10. The number of rotatable bonds is 4. The van der Waals surface area contributed by atoms with Crippen LogP contribution in [0.15, 0.2) is 47.8 Å². The van der Waals surface area contributed by atoms with Crippen LogP contribution in [-0.4, -0.2) is 15.7 Å². The van der Waals surface area contributed by atoms with Crippen molar-refractivity contribution >= 4 is 23.4 Å². The number of halogens is 1. The Morgan fingerprint density at radius 3 is 2.82 bits per heavy atom. The third-order valence-corrected chi connectivity index (χ3v) is 3.85. The first kappa shape index (κ1) is 12.4. The fourth-order valence-electron chi connectivity index (χ4n) is 1.33. The summed E-state index contributed by atoms with van der Waals surface area (Å²) in [5.74, 6) is 0.725. The van der Waals surface area contributed by atoms with Crippen LogP contribution < -0.4 is 5.73 Å². The molecule has 5 heteroatoms. The normalized spacial score (nSPS) is 12.4. The van der Waals surface area contributed by atoms with Crippen molar-refractivity contribution in [2.24, 2.45) is 5.73 Å². The van der Waals surface area contributed by atoms with Gasteiger partial charge in [0, 0.05) is 29.2 Å². The number of nitrogens with zero attached hydrogens (tertiary/aromatic N) is 2. The van der Waals surface area contributed by atoms with E-state index in [2.05, 4.69) is 9.97 Å². The SMILES string of the molecule is NC(CSc1ccccc1Cl)c1cnccn1. The molecular formula is C12H12ClN3S. The van der Waals surface area contributed by atoms with Crippen molar-refractivity contribution in [3.63, 3.8) is 0 Å². The molecule has 88 valence electrons. The number of hydrogen-bond acceptors (Lipinski definition) is 4. The number of benzene rings is 1. The molecule has 1 unspecified atom stereocenters. The molecule has 3 nitrogen and oxygen atoms in total. The van der Waals surface area contributed by atoms with Gasteiger partial charge in [0.05, 0.1) is 16.8 Å². The summed E-state index contributed by atoms with van der Waals surface area (Å²) in [6, 6.07) is 7.59. The molecule has 2 rings (SSSR count). The quantitative estimate of drug-likeness (QED) is 0.864. The van der Waals surface area contributed by atoms with Crippen LogP contribution in [0.4, 0.5) is 0 Å². The molecule has 17 heavy (non-hydrogen) atoms. The lowest BCUT2D eigenvalue weighted by molar-refractivity contribution is 0.783. The van der Waals surface area contributed by atoms with Crippen LogP contribution in [0.25, 0.3) is 0 Å². The van der Waals surface area contributed by atoms with E-state index in [1.54, 1.807) is 30.4 Å². The van der Waals surface area contributed by atoms with Crippen LogP contribution in [-0.2, 0) is 0 Å². The molecule has 0 spiro atoms. The number of nitrogens with two attached hydrogens (primary N) is 1. The summed E-state index contributed by atoms with van der Waals surface area (Å²) in [6.45, 7) is 0. The van der Waals surface area contributed by atoms with Gasteiger partial charge in [-0.05, 0) is 12.1 Å². The lowest BCUT2D eigenvalue weighted by Crippen LogP contribution is -2.14. The first-order valence-corrected chi connectivity index (χ1v) is 6.52. The van der Waals surface area contributed by atoms with Crippen molar-refractivity contribution in [2.45, 2.75) is 10.9 Å². The summed E-state index contributed by atoms with van der Waals surface area (Å²) < 4.78 is 0. The molecule has 0 bridgehead atoms. The predicted molar refractivity (Wildman–Crippen MR) is 71.1 cm³/mol. The van der Waals surface area contributed by atoms with E-state index in [0.717, 1.165) is 21.4 Å². The van der Waals surface area contributed by atoms with Gasteiger partial charge in [-0.25, -0.2) is 0 Å². The summed E-state index contributed by atoms with van der Waals surface area (Å²) in [6.07, 6.45) is 4.98. The minimum atomic E-state index is -0.134. The Balaban J connectivity index is 1.97. The van der Waals surface area contributed by atoms with Gasteiger partial charge in [-0.3, -0.25) is 9.97 Å². The smallest absolute Gasteiger partial charge is 0.0762 e. The van der Waals surface area contributed by atoms with E-state index in [1.807, 2.05) is 24.3 Å². The second-order valence-corrected chi connectivity index (χ2v) is 4.95. The minimum absolute atomic E-state index is 0.134. The molecule has 0 amide bonds. The van der Waals surface area contributed by atoms with Gasteiger partial charge in [-0.2, -0.15) is 0 Å². The van der Waals surface area contributed by atoms with Crippen molar-refractivity contribution < 1.29 is 0 Å².